The summed E-state index contributed by atoms with van der Waals surface area (Å²) in [5, 5.41) is 20.4. The van der Waals surface area contributed by atoms with Crippen molar-refractivity contribution in [3.63, 3.8) is 0 Å². The lowest BCUT2D eigenvalue weighted by atomic mass is 9.32. The molecule has 0 amide bonds. The number of fused-ring (bicyclic) bond motifs is 20. The number of hydrogen-bond donors (Lipinski definition) is 0. The van der Waals surface area contributed by atoms with E-state index >= 15 is 0 Å². The van der Waals surface area contributed by atoms with Crippen molar-refractivity contribution in [2.24, 2.45) is 0 Å². The van der Waals surface area contributed by atoms with Crippen LogP contribution in [-0.2, 0) is 10.8 Å². The molecule has 2 aliphatic heterocycles. The number of rotatable bonds is 2. The highest BCUT2D eigenvalue weighted by atomic mass is 15.2. The molecule has 0 saturated carbocycles. The summed E-state index contributed by atoms with van der Waals surface area (Å²) < 4.78 is 0. The third-order valence-corrected chi connectivity index (χ3v) is 16.6. The first-order valence-corrected chi connectivity index (χ1v) is 26.1. The molecule has 0 unspecified atom stereocenters. The zero-order valence-electron chi connectivity index (χ0n) is 42.2. The zero-order valence-corrected chi connectivity index (χ0v) is 42.2. The fourth-order valence-electron chi connectivity index (χ4n) is 13.6. The predicted molar refractivity (Wildman–Crippen MR) is 318 cm³/mol. The van der Waals surface area contributed by atoms with Crippen molar-refractivity contribution < 1.29 is 0 Å². The van der Waals surface area contributed by atoms with Gasteiger partial charge in [-0.25, -0.2) is 0 Å². The SMILES string of the molecule is CC(C)(C)c1cc2c(c3ccccc13)N(c1cccc3c4ccccc4c4ccccc4c13)c1cccc3c1B2c1cc(C(C)(C)C)c2ccccc2c1N3c1cccc2c3ccccc3c3ccccc3c12. The molecule has 2 aliphatic rings. The van der Waals surface area contributed by atoms with Gasteiger partial charge in [0.05, 0.1) is 11.4 Å². The first-order chi connectivity index (χ1) is 35.6. The van der Waals surface area contributed by atoms with Crippen LogP contribution in [0.5, 0.6) is 0 Å². The molecule has 0 spiro atoms. The number of hydrogen-bond acceptors (Lipinski definition) is 2. The zero-order chi connectivity index (χ0) is 49.1. The maximum atomic E-state index is 2.68. The summed E-state index contributed by atoms with van der Waals surface area (Å²) in [5.74, 6) is 0. The largest absolute Gasteiger partial charge is 0.310 e. The molecule has 13 aromatic rings. The maximum Gasteiger partial charge on any atom is 0.252 e. The maximum absolute atomic E-state index is 2.68. The standard InChI is InChI=1S/C70H53BN2/c1-69(2,3)56-40-58-67(54-32-17-13-28-48(54)56)72(60-36-19-34-52-46-24-9-7-22-42(46)44-26-11-15-30-50(44)64(52)60)62-38-21-39-63-66(62)71(58)59-41-57(70(4,5)6)49-29-14-18-33-55(49)68(59)73(63)61-37-20-35-53-47-25-10-8-23-43(47)45-27-12-16-31-51(45)65(53)61/h7-41H,1-6H3. The van der Waals surface area contributed by atoms with Crippen molar-refractivity contribution >= 4 is 143 Å². The summed E-state index contributed by atoms with van der Waals surface area (Å²) in [4.78, 5) is 5.37. The second-order valence-electron chi connectivity index (χ2n) is 22.7. The topological polar surface area (TPSA) is 6.48 Å². The van der Waals surface area contributed by atoms with E-state index in [2.05, 4.69) is 264 Å². The third-order valence-electron chi connectivity index (χ3n) is 16.6. The molecule has 0 fully saturated rings. The molecule has 0 bridgehead atoms. The second kappa shape index (κ2) is 15.1. The van der Waals surface area contributed by atoms with Gasteiger partial charge in [0.1, 0.15) is 0 Å². The Morgan fingerprint density at radius 2 is 0.534 bits per heavy atom. The Hall–Kier alpha value is -8.40. The van der Waals surface area contributed by atoms with Crippen molar-refractivity contribution in [3.8, 4) is 0 Å². The molecule has 3 heteroatoms. The third kappa shape index (κ3) is 5.82. The monoisotopic (exact) mass is 932 g/mol. The molecule has 73 heavy (non-hydrogen) atoms. The van der Waals surface area contributed by atoms with Crippen molar-refractivity contribution in [1.29, 1.82) is 0 Å². The van der Waals surface area contributed by atoms with E-state index in [1.807, 2.05) is 0 Å². The van der Waals surface area contributed by atoms with E-state index < -0.39 is 0 Å². The second-order valence-corrected chi connectivity index (χ2v) is 22.7. The van der Waals surface area contributed by atoms with Crippen LogP contribution in [0.4, 0.5) is 34.1 Å². The van der Waals surface area contributed by atoms with Crippen LogP contribution >= 0.6 is 0 Å². The van der Waals surface area contributed by atoms with Gasteiger partial charge in [-0.1, -0.05) is 230 Å². The van der Waals surface area contributed by atoms with Crippen LogP contribution in [0.1, 0.15) is 52.7 Å². The van der Waals surface area contributed by atoms with Crippen LogP contribution in [0.3, 0.4) is 0 Å². The van der Waals surface area contributed by atoms with Crippen molar-refractivity contribution in [2.75, 3.05) is 9.80 Å². The summed E-state index contributed by atoms with van der Waals surface area (Å²) in [7, 11) is 0. The molecule has 13 aromatic carbocycles. The van der Waals surface area contributed by atoms with Gasteiger partial charge in [-0.2, -0.15) is 0 Å². The minimum Gasteiger partial charge on any atom is -0.310 e. The van der Waals surface area contributed by atoms with Crippen LogP contribution in [0.25, 0.3) is 86.2 Å². The first kappa shape index (κ1) is 42.3. The highest BCUT2D eigenvalue weighted by molar-refractivity contribution is 7.01. The van der Waals surface area contributed by atoms with E-state index in [-0.39, 0.29) is 17.5 Å². The fraction of sp³-hybridized carbons (Fsp3) is 0.114. The Morgan fingerprint density at radius 3 is 0.877 bits per heavy atom. The average molecular weight is 933 g/mol. The highest BCUT2D eigenvalue weighted by Crippen LogP contribution is 2.53. The van der Waals surface area contributed by atoms with Crippen molar-refractivity contribution in [2.45, 2.75) is 52.4 Å². The Kier molecular flexibility index (Phi) is 8.73. The van der Waals surface area contributed by atoms with Gasteiger partial charge in [0.2, 0.25) is 0 Å². The van der Waals surface area contributed by atoms with E-state index in [0.717, 1.165) is 0 Å². The molecule has 2 nitrogen and oxygen atoms in total. The summed E-state index contributed by atoms with van der Waals surface area (Å²) in [6.07, 6.45) is 0. The summed E-state index contributed by atoms with van der Waals surface area (Å²) >= 11 is 0. The Bertz CT molecular complexity index is 4170. The van der Waals surface area contributed by atoms with Gasteiger partial charge in [0.15, 0.2) is 0 Å². The number of benzene rings is 13. The van der Waals surface area contributed by atoms with Crippen LogP contribution in [0, 0.1) is 0 Å². The lowest BCUT2D eigenvalue weighted by molar-refractivity contribution is 0.596. The minimum absolute atomic E-state index is 0.0831. The van der Waals surface area contributed by atoms with Crippen LogP contribution < -0.4 is 26.2 Å². The quantitative estimate of drug-likeness (QED) is 0.126. The Labute approximate surface area is 426 Å². The molecule has 0 radical (unpaired) electrons. The van der Waals surface area contributed by atoms with Gasteiger partial charge in [-0.15, -0.1) is 0 Å². The molecule has 0 aromatic heterocycles. The fourth-order valence-corrected chi connectivity index (χ4v) is 13.6. The van der Waals surface area contributed by atoms with Gasteiger partial charge < -0.3 is 9.80 Å². The van der Waals surface area contributed by atoms with E-state index in [1.54, 1.807) is 0 Å². The molecule has 0 atom stereocenters. The van der Waals surface area contributed by atoms with E-state index in [9.17, 15) is 0 Å². The molecule has 0 aliphatic carbocycles. The van der Waals surface area contributed by atoms with Crippen molar-refractivity contribution in [3.05, 3.63) is 223 Å². The highest BCUT2D eigenvalue weighted by Gasteiger charge is 2.46. The lowest BCUT2D eigenvalue weighted by Gasteiger charge is -2.46. The van der Waals surface area contributed by atoms with E-state index in [0.29, 0.717) is 0 Å². The molecule has 346 valence electrons. The molecule has 0 saturated heterocycles. The minimum atomic E-state index is -0.135. The molecular formula is C70H53BN2. The van der Waals surface area contributed by atoms with Gasteiger partial charge >= 0.3 is 0 Å². The smallest absolute Gasteiger partial charge is 0.252 e. The molecule has 15 rings (SSSR count). The van der Waals surface area contributed by atoms with Crippen molar-refractivity contribution in [1.82, 2.24) is 0 Å². The Balaban J connectivity index is 1.16. The lowest BCUT2D eigenvalue weighted by Crippen LogP contribution is -2.61. The number of nitrogens with zero attached hydrogens (tertiary/aromatic N) is 2. The molecule has 2 heterocycles. The summed E-state index contributed by atoms with van der Waals surface area (Å²) in [6, 6.07) is 81.0. The van der Waals surface area contributed by atoms with Crippen LogP contribution in [0.2, 0.25) is 0 Å². The van der Waals surface area contributed by atoms with Crippen LogP contribution in [0.15, 0.2) is 212 Å². The molecule has 0 N–H and O–H groups in total. The predicted octanol–water partition coefficient (Wildman–Crippen LogP) is 17.6. The first-order valence-electron chi connectivity index (χ1n) is 26.1. The van der Waals surface area contributed by atoms with Gasteiger partial charge in [-0.05, 0) is 127 Å². The average Bonchev–Trinajstić information content (AvgIpc) is 3.42. The van der Waals surface area contributed by atoms with Gasteiger partial charge in [0, 0.05) is 44.3 Å². The van der Waals surface area contributed by atoms with E-state index in [4.69, 9.17) is 0 Å². The van der Waals surface area contributed by atoms with Gasteiger partial charge in [0.25, 0.3) is 6.71 Å². The Morgan fingerprint density at radius 1 is 0.274 bits per heavy atom. The normalized spacial score (nSPS) is 13.5. The summed E-state index contributed by atoms with van der Waals surface area (Å²) in [5.41, 5.74) is 13.8. The number of anilines is 6. The molecular weight excluding hydrogens is 880 g/mol. The van der Waals surface area contributed by atoms with E-state index in [1.165, 1.54) is 148 Å². The van der Waals surface area contributed by atoms with Gasteiger partial charge in [-0.3, -0.25) is 0 Å². The summed E-state index contributed by atoms with van der Waals surface area (Å²) in [6.45, 7) is 14.2. The van der Waals surface area contributed by atoms with Crippen LogP contribution in [-0.4, -0.2) is 6.71 Å².